The van der Waals surface area contributed by atoms with E-state index in [2.05, 4.69) is 5.32 Å². The second-order valence-corrected chi connectivity index (χ2v) is 7.29. The molecule has 3 N–H and O–H groups in total. The smallest absolute Gasteiger partial charge is 0.349 e. The minimum atomic E-state index is -0.709. The Kier molecular flexibility index (Phi) is 5.01. The normalized spacial score (nSPS) is 10.7. The van der Waals surface area contributed by atoms with Crippen molar-refractivity contribution in [2.24, 2.45) is 5.73 Å². The summed E-state index contributed by atoms with van der Waals surface area (Å²) in [6.07, 6.45) is 0. The Morgan fingerprint density at radius 2 is 2.04 bits per heavy atom. The fourth-order valence-electron chi connectivity index (χ4n) is 2.41. The van der Waals surface area contributed by atoms with E-state index in [1.54, 1.807) is 24.4 Å². The number of hydrogen-bond donors (Lipinski definition) is 2. The van der Waals surface area contributed by atoms with Crippen molar-refractivity contribution in [1.29, 1.82) is 0 Å². The second kappa shape index (κ2) is 7.22. The van der Waals surface area contributed by atoms with Crippen molar-refractivity contribution in [3.05, 3.63) is 51.5 Å². The maximum absolute atomic E-state index is 13.9. The number of nitrogens with two attached hydrogens (primary N) is 1. The van der Waals surface area contributed by atoms with Crippen LogP contribution in [0.4, 0.5) is 9.39 Å². The predicted octanol–water partition coefficient (Wildman–Crippen LogP) is 3.30. The lowest BCUT2D eigenvalue weighted by Crippen LogP contribution is -2.22. The van der Waals surface area contributed by atoms with Crippen molar-refractivity contribution in [3.63, 3.8) is 0 Å². The summed E-state index contributed by atoms with van der Waals surface area (Å²) in [7, 11) is 0. The topological polar surface area (TPSA) is 98.5 Å². The lowest BCUT2D eigenvalue weighted by Gasteiger charge is -2.06. The molecule has 26 heavy (non-hydrogen) atoms. The molecule has 0 aliphatic heterocycles. The van der Waals surface area contributed by atoms with E-state index in [1.165, 1.54) is 12.1 Å². The number of aryl methyl sites for hydroxylation is 1. The van der Waals surface area contributed by atoms with Gasteiger partial charge in [-0.05, 0) is 36.1 Å². The minimum Gasteiger partial charge on any atom is -0.451 e. The number of rotatable bonds is 5. The molecule has 0 saturated carbocycles. The second-order valence-electron chi connectivity index (χ2n) is 5.32. The van der Waals surface area contributed by atoms with E-state index in [0.717, 1.165) is 22.7 Å². The lowest BCUT2D eigenvalue weighted by molar-refractivity contribution is -0.119. The van der Waals surface area contributed by atoms with Crippen LogP contribution < -0.4 is 11.1 Å². The van der Waals surface area contributed by atoms with Crippen LogP contribution in [-0.2, 0) is 9.53 Å². The number of thiophene rings is 2. The Morgan fingerprint density at radius 1 is 1.27 bits per heavy atom. The summed E-state index contributed by atoms with van der Waals surface area (Å²) >= 11 is 2.24. The number of primary amides is 1. The Morgan fingerprint density at radius 3 is 2.73 bits per heavy atom. The number of halogens is 1. The first-order chi connectivity index (χ1) is 12.4. The Hall–Kier alpha value is -2.78. The third-order valence-electron chi connectivity index (χ3n) is 3.61. The number of fused-ring (bicyclic) bond motifs is 1. The molecular formula is C17H13FN2O4S2. The summed E-state index contributed by atoms with van der Waals surface area (Å²) in [6, 6.07) is 6.08. The molecule has 6 nitrogen and oxygen atoms in total. The zero-order chi connectivity index (χ0) is 18.8. The largest absolute Gasteiger partial charge is 0.451 e. The Labute approximate surface area is 155 Å². The van der Waals surface area contributed by atoms with Crippen LogP contribution >= 0.6 is 22.7 Å². The monoisotopic (exact) mass is 392 g/mol. The van der Waals surface area contributed by atoms with Gasteiger partial charge in [0.1, 0.15) is 15.7 Å². The molecule has 2 amide bonds. The summed E-state index contributed by atoms with van der Waals surface area (Å²) in [6.45, 7) is 1.09. The van der Waals surface area contributed by atoms with Crippen LogP contribution in [-0.4, -0.2) is 24.4 Å². The quantitative estimate of drug-likeness (QED) is 0.651. The predicted molar refractivity (Wildman–Crippen MR) is 98.3 cm³/mol. The van der Waals surface area contributed by atoms with E-state index in [4.69, 9.17) is 10.5 Å². The maximum atomic E-state index is 13.9. The van der Waals surface area contributed by atoms with Gasteiger partial charge in [0.15, 0.2) is 6.61 Å². The molecule has 0 atom stereocenters. The van der Waals surface area contributed by atoms with Crippen LogP contribution in [0.5, 0.6) is 0 Å². The third-order valence-corrected chi connectivity index (χ3v) is 5.67. The van der Waals surface area contributed by atoms with Crippen molar-refractivity contribution < 1.29 is 23.5 Å². The highest BCUT2D eigenvalue weighted by atomic mass is 32.1. The van der Waals surface area contributed by atoms with Crippen LogP contribution in [0, 0.1) is 12.7 Å². The van der Waals surface area contributed by atoms with Gasteiger partial charge in [0, 0.05) is 10.1 Å². The van der Waals surface area contributed by atoms with Gasteiger partial charge in [-0.1, -0.05) is 6.07 Å². The van der Waals surface area contributed by atoms with Crippen LogP contribution in [0.15, 0.2) is 29.6 Å². The average Bonchev–Trinajstić information content (AvgIpc) is 3.18. The van der Waals surface area contributed by atoms with Crippen molar-refractivity contribution in [1.82, 2.24) is 0 Å². The highest BCUT2D eigenvalue weighted by Crippen LogP contribution is 2.33. The molecule has 1 aromatic carbocycles. The summed E-state index contributed by atoms with van der Waals surface area (Å²) in [5.74, 6) is -2.39. The van der Waals surface area contributed by atoms with Crippen LogP contribution in [0.3, 0.4) is 0 Å². The zero-order valence-electron chi connectivity index (χ0n) is 13.5. The zero-order valence-corrected chi connectivity index (χ0v) is 15.1. The standard InChI is InChI=1S/C17H13FN2O4S2/c1-8-13-10(18)3-2-4-11(13)26-14(8)17(23)24-7-12(21)20-16-9(15(19)22)5-6-25-16/h2-6H,7H2,1H3,(H2,19,22)(H,20,21). The van der Waals surface area contributed by atoms with Crippen LogP contribution in [0.2, 0.25) is 0 Å². The molecule has 0 saturated heterocycles. The van der Waals surface area contributed by atoms with Gasteiger partial charge in [0.05, 0.1) is 5.56 Å². The molecule has 0 bridgehead atoms. The van der Waals surface area contributed by atoms with Crippen molar-refractivity contribution in [2.45, 2.75) is 6.92 Å². The molecule has 0 fully saturated rings. The van der Waals surface area contributed by atoms with E-state index in [9.17, 15) is 18.8 Å². The fraction of sp³-hybridized carbons (Fsp3) is 0.118. The molecule has 3 rings (SSSR count). The van der Waals surface area contributed by atoms with Crippen LogP contribution in [0.1, 0.15) is 25.6 Å². The first-order valence-corrected chi connectivity index (χ1v) is 9.10. The highest BCUT2D eigenvalue weighted by Gasteiger charge is 2.20. The Bertz CT molecular complexity index is 1030. The SMILES string of the molecule is Cc1c(C(=O)OCC(=O)Nc2sccc2C(N)=O)sc2cccc(F)c12. The molecule has 0 aliphatic carbocycles. The molecule has 0 radical (unpaired) electrons. The van der Waals surface area contributed by atoms with Gasteiger partial charge in [0.2, 0.25) is 0 Å². The van der Waals surface area contributed by atoms with Crippen molar-refractivity contribution >= 4 is 55.5 Å². The third kappa shape index (κ3) is 3.44. The van der Waals surface area contributed by atoms with Gasteiger partial charge in [-0.3, -0.25) is 9.59 Å². The van der Waals surface area contributed by atoms with Gasteiger partial charge >= 0.3 is 5.97 Å². The summed E-state index contributed by atoms with van der Waals surface area (Å²) < 4.78 is 19.5. The molecular weight excluding hydrogens is 379 g/mol. The molecule has 0 unspecified atom stereocenters. The summed E-state index contributed by atoms with van der Waals surface area (Å²) in [5, 5.41) is 4.75. The number of ether oxygens (including phenoxy) is 1. The molecule has 0 aliphatic rings. The number of nitrogens with one attached hydrogen (secondary N) is 1. The minimum absolute atomic E-state index is 0.186. The maximum Gasteiger partial charge on any atom is 0.349 e. The Balaban J connectivity index is 1.68. The van der Waals surface area contributed by atoms with Crippen molar-refractivity contribution in [2.75, 3.05) is 11.9 Å². The molecule has 9 heteroatoms. The molecule has 0 spiro atoms. The molecule has 134 valence electrons. The van der Waals surface area contributed by atoms with Crippen molar-refractivity contribution in [3.8, 4) is 0 Å². The highest BCUT2D eigenvalue weighted by molar-refractivity contribution is 7.21. The first kappa shape index (κ1) is 18.0. The lowest BCUT2D eigenvalue weighted by atomic mass is 10.1. The summed E-state index contributed by atoms with van der Waals surface area (Å²) in [4.78, 5) is 35.7. The van der Waals surface area contributed by atoms with Gasteiger partial charge in [0.25, 0.3) is 11.8 Å². The number of carbonyl (C=O) groups is 3. The molecule has 2 heterocycles. The van der Waals surface area contributed by atoms with Gasteiger partial charge in [-0.15, -0.1) is 22.7 Å². The van der Waals surface area contributed by atoms with Gasteiger partial charge in [-0.25, -0.2) is 9.18 Å². The van der Waals surface area contributed by atoms with E-state index in [0.29, 0.717) is 20.7 Å². The van der Waals surface area contributed by atoms with E-state index < -0.39 is 30.2 Å². The number of esters is 1. The molecule has 3 aromatic rings. The average molecular weight is 392 g/mol. The number of hydrogen-bond acceptors (Lipinski definition) is 6. The van der Waals surface area contributed by atoms with E-state index in [1.807, 2.05) is 0 Å². The molecule has 2 aromatic heterocycles. The van der Waals surface area contributed by atoms with Gasteiger partial charge < -0.3 is 15.8 Å². The number of amides is 2. The summed E-state index contributed by atoms with van der Waals surface area (Å²) in [5.41, 5.74) is 5.86. The fourth-order valence-corrected chi connectivity index (χ4v) is 4.33. The number of anilines is 1. The van der Waals surface area contributed by atoms with E-state index in [-0.39, 0.29) is 10.4 Å². The van der Waals surface area contributed by atoms with Gasteiger partial charge in [-0.2, -0.15) is 0 Å². The number of carbonyl (C=O) groups excluding carboxylic acids is 3. The number of benzene rings is 1. The van der Waals surface area contributed by atoms with E-state index >= 15 is 0 Å². The van der Waals surface area contributed by atoms with Crippen LogP contribution in [0.25, 0.3) is 10.1 Å². The first-order valence-electron chi connectivity index (χ1n) is 7.40.